The van der Waals surface area contributed by atoms with Crippen molar-refractivity contribution in [3.05, 3.63) is 0 Å². The van der Waals surface area contributed by atoms with E-state index in [1.807, 2.05) is 0 Å². The Morgan fingerprint density at radius 1 is 1.39 bits per heavy atom. The van der Waals surface area contributed by atoms with Gasteiger partial charge < -0.3 is 10.6 Å². The molecule has 0 aliphatic carbocycles. The number of likely N-dealkylation sites (tertiary alicyclic amines) is 1. The van der Waals surface area contributed by atoms with Gasteiger partial charge in [-0.2, -0.15) is 0 Å². The summed E-state index contributed by atoms with van der Waals surface area (Å²) in [6.07, 6.45) is 2.42. The highest BCUT2D eigenvalue weighted by Crippen LogP contribution is 2.09. The van der Waals surface area contributed by atoms with Crippen molar-refractivity contribution in [3.63, 3.8) is 0 Å². The van der Waals surface area contributed by atoms with Gasteiger partial charge in [0.1, 0.15) is 0 Å². The average molecular weight is 255 g/mol. The number of amides is 1. The molecule has 1 rings (SSSR count). The minimum absolute atomic E-state index is 0.161. The van der Waals surface area contributed by atoms with Gasteiger partial charge in [0.15, 0.2) is 0 Å². The van der Waals surface area contributed by atoms with Crippen molar-refractivity contribution in [2.75, 3.05) is 26.2 Å². The molecule has 1 amide bonds. The Hall–Kier alpha value is -0.610. The highest BCUT2D eigenvalue weighted by Gasteiger charge is 2.21. The van der Waals surface area contributed by atoms with Gasteiger partial charge in [0.2, 0.25) is 5.91 Å². The van der Waals surface area contributed by atoms with E-state index in [1.54, 1.807) is 0 Å². The molecule has 1 aliphatic heterocycles. The van der Waals surface area contributed by atoms with Crippen LogP contribution in [0, 0.1) is 5.92 Å². The van der Waals surface area contributed by atoms with Crippen LogP contribution in [0.2, 0.25) is 0 Å². The van der Waals surface area contributed by atoms with Gasteiger partial charge in [0.25, 0.3) is 0 Å². The van der Waals surface area contributed by atoms with Gasteiger partial charge in [-0.1, -0.05) is 20.8 Å². The molecule has 1 fully saturated rings. The van der Waals surface area contributed by atoms with Crippen molar-refractivity contribution >= 4 is 5.91 Å². The summed E-state index contributed by atoms with van der Waals surface area (Å²) in [6, 6.07) is 0.811. The molecule has 0 radical (unpaired) electrons. The molecule has 1 saturated heterocycles. The number of rotatable bonds is 6. The number of hydrogen-bond acceptors (Lipinski definition) is 3. The number of nitrogens with zero attached hydrogens (tertiary/aromatic N) is 1. The molecule has 106 valence electrons. The maximum Gasteiger partial charge on any atom is 0.234 e. The molecule has 2 unspecified atom stereocenters. The maximum atomic E-state index is 11.9. The van der Waals surface area contributed by atoms with E-state index < -0.39 is 0 Å². The van der Waals surface area contributed by atoms with E-state index in [1.165, 1.54) is 12.8 Å². The molecule has 18 heavy (non-hydrogen) atoms. The van der Waals surface area contributed by atoms with Crippen molar-refractivity contribution in [3.8, 4) is 0 Å². The van der Waals surface area contributed by atoms with E-state index in [9.17, 15) is 4.79 Å². The van der Waals surface area contributed by atoms with Crippen molar-refractivity contribution < 1.29 is 4.79 Å². The molecular formula is C14H29N3O. The van der Waals surface area contributed by atoms with Gasteiger partial charge in [0.05, 0.1) is 6.54 Å². The van der Waals surface area contributed by atoms with Crippen LogP contribution in [0.15, 0.2) is 0 Å². The van der Waals surface area contributed by atoms with Crippen molar-refractivity contribution in [1.82, 2.24) is 15.5 Å². The van der Waals surface area contributed by atoms with E-state index >= 15 is 0 Å². The molecule has 0 bridgehead atoms. The predicted molar refractivity (Wildman–Crippen MR) is 75.6 cm³/mol. The van der Waals surface area contributed by atoms with E-state index in [0.717, 1.165) is 19.6 Å². The number of nitrogens with one attached hydrogen (secondary N) is 2. The highest BCUT2D eigenvalue weighted by molar-refractivity contribution is 5.78. The molecule has 0 aromatic heterocycles. The molecule has 4 nitrogen and oxygen atoms in total. The first-order chi connectivity index (χ1) is 8.52. The summed E-state index contributed by atoms with van der Waals surface area (Å²) in [5.74, 6) is 0.651. The molecular weight excluding hydrogens is 226 g/mol. The maximum absolute atomic E-state index is 11.9. The van der Waals surface area contributed by atoms with Crippen LogP contribution in [-0.4, -0.2) is 49.1 Å². The number of hydrogen-bond donors (Lipinski definition) is 2. The van der Waals surface area contributed by atoms with Gasteiger partial charge in [-0.15, -0.1) is 0 Å². The van der Waals surface area contributed by atoms with Gasteiger partial charge in [-0.05, 0) is 38.8 Å². The SMILES string of the molecule is CCNC1CCCN(CC(=O)NC(C)C(C)C)C1. The smallest absolute Gasteiger partial charge is 0.234 e. The molecule has 1 aliphatic rings. The third kappa shape index (κ3) is 5.36. The first-order valence-electron chi connectivity index (χ1n) is 7.28. The average Bonchev–Trinajstić information content (AvgIpc) is 2.29. The minimum Gasteiger partial charge on any atom is -0.352 e. The lowest BCUT2D eigenvalue weighted by Crippen LogP contribution is -2.50. The molecule has 0 aromatic carbocycles. The summed E-state index contributed by atoms with van der Waals surface area (Å²) < 4.78 is 0. The Kier molecular flexibility index (Phi) is 6.65. The Morgan fingerprint density at radius 3 is 2.72 bits per heavy atom. The molecule has 4 heteroatoms. The zero-order valence-corrected chi connectivity index (χ0v) is 12.3. The second-order valence-corrected chi connectivity index (χ2v) is 5.73. The van der Waals surface area contributed by atoms with Gasteiger partial charge in [-0.3, -0.25) is 9.69 Å². The fourth-order valence-corrected chi connectivity index (χ4v) is 2.32. The second kappa shape index (κ2) is 7.74. The first-order valence-corrected chi connectivity index (χ1v) is 7.28. The van der Waals surface area contributed by atoms with Crippen LogP contribution in [0.1, 0.15) is 40.5 Å². The largest absolute Gasteiger partial charge is 0.352 e. The molecule has 0 saturated carbocycles. The summed E-state index contributed by atoms with van der Waals surface area (Å²) in [4.78, 5) is 14.2. The second-order valence-electron chi connectivity index (χ2n) is 5.73. The number of carbonyl (C=O) groups excluding carboxylic acids is 1. The fourth-order valence-electron chi connectivity index (χ4n) is 2.32. The van der Waals surface area contributed by atoms with Gasteiger partial charge >= 0.3 is 0 Å². The third-order valence-electron chi connectivity index (χ3n) is 3.75. The Bertz CT molecular complexity index is 253. The van der Waals surface area contributed by atoms with Crippen LogP contribution in [0.5, 0.6) is 0 Å². The van der Waals surface area contributed by atoms with E-state index in [4.69, 9.17) is 0 Å². The molecule has 0 spiro atoms. The zero-order valence-electron chi connectivity index (χ0n) is 12.3. The predicted octanol–water partition coefficient (Wildman–Crippen LogP) is 1.22. The summed E-state index contributed by atoms with van der Waals surface area (Å²) in [6.45, 7) is 12.1. The summed E-state index contributed by atoms with van der Waals surface area (Å²) in [7, 11) is 0. The van der Waals surface area contributed by atoms with Crippen molar-refractivity contribution in [1.29, 1.82) is 0 Å². The van der Waals surface area contributed by atoms with Crippen LogP contribution in [0.3, 0.4) is 0 Å². The lowest BCUT2D eigenvalue weighted by molar-refractivity contribution is -0.123. The van der Waals surface area contributed by atoms with Crippen LogP contribution < -0.4 is 10.6 Å². The van der Waals surface area contributed by atoms with Gasteiger partial charge in [-0.25, -0.2) is 0 Å². The van der Waals surface area contributed by atoms with Crippen molar-refractivity contribution in [2.45, 2.75) is 52.6 Å². The van der Waals surface area contributed by atoms with Crippen LogP contribution in [0.25, 0.3) is 0 Å². The molecule has 0 aromatic rings. The van der Waals surface area contributed by atoms with Crippen LogP contribution in [-0.2, 0) is 4.79 Å². The van der Waals surface area contributed by atoms with E-state index in [2.05, 4.69) is 43.2 Å². The normalized spacial score (nSPS) is 23.1. The highest BCUT2D eigenvalue weighted by atomic mass is 16.2. The lowest BCUT2D eigenvalue weighted by atomic mass is 10.1. The molecule has 1 heterocycles. The molecule has 2 atom stereocenters. The Balaban J connectivity index is 2.30. The number of likely N-dealkylation sites (N-methyl/N-ethyl adjacent to an activating group) is 1. The summed E-state index contributed by atoms with van der Waals surface area (Å²) in [5, 5.41) is 6.55. The van der Waals surface area contributed by atoms with Crippen molar-refractivity contribution in [2.24, 2.45) is 5.92 Å². The van der Waals surface area contributed by atoms with E-state index in [-0.39, 0.29) is 11.9 Å². The summed E-state index contributed by atoms with van der Waals surface area (Å²) in [5.41, 5.74) is 0. The summed E-state index contributed by atoms with van der Waals surface area (Å²) >= 11 is 0. The Labute approximate surface area is 111 Å². The van der Waals surface area contributed by atoms with Crippen LogP contribution >= 0.6 is 0 Å². The van der Waals surface area contributed by atoms with E-state index in [0.29, 0.717) is 18.5 Å². The minimum atomic E-state index is 0.161. The zero-order chi connectivity index (χ0) is 13.5. The van der Waals surface area contributed by atoms with Gasteiger partial charge in [0, 0.05) is 18.6 Å². The first kappa shape index (κ1) is 15.4. The lowest BCUT2D eigenvalue weighted by Gasteiger charge is -2.33. The topological polar surface area (TPSA) is 44.4 Å². The molecule has 2 N–H and O–H groups in total. The fraction of sp³-hybridized carbons (Fsp3) is 0.929. The Morgan fingerprint density at radius 2 is 2.11 bits per heavy atom. The standard InChI is InChI=1S/C14H29N3O/c1-5-15-13-7-6-8-17(9-13)10-14(18)16-12(4)11(2)3/h11-13,15H,5-10H2,1-4H3,(H,16,18). The quantitative estimate of drug-likeness (QED) is 0.750. The monoisotopic (exact) mass is 255 g/mol. The van der Waals surface area contributed by atoms with Crippen LogP contribution in [0.4, 0.5) is 0 Å². The third-order valence-corrected chi connectivity index (χ3v) is 3.75. The number of carbonyl (C=O) groups is 1. The number of piperidine rings is 1.